The lowest BCUT2D eigenvalue weighted by Gasteiger charge is -2.35. The molecule has 1 N–H and O–H groups in total. The Bertz CT molecular complexity index is 688. The normalized spacial score (nSPS) is 16.0. The molecule has 1 aliphatic rings. The lowest BCUT2D eigenvalue weighted by molar-refractivity contribution is 0.124. The van der Waals surface area contributed by atoms with Crippen LogP contribution in [-0.2, 0) is 0 Å². The summed E-state index contributed by atoms with van der Waals surface area (Å²) in [6, 6.07) is 13.8. The standard InChI is InChI=1S/C21H28N4O2/c1-2-20(18-8-10-22-11-9-18)23-21(26)25-14-12-24(13-15-25)16-17-27-19-6-4-3-5-7-19/h3-11,20H,2,12-17H2,1H3,(H,23,26)/t20-/m1/s1. The van der Waals surface area contributed by atoms with Gasteiger partial charge in [0, 0.05) is 45.1 Å². The molecule has 1 aromatic carbocycles. The third kappa shape index (κ3) is 5.69. The SMILES string of the molecule is CC[C@@H](NC(=O)N1CCN(CCOc2ccccc2)CC1)c1ccncc1. The molecule has 0 spiro atoms. The second kappa shape index (κ2) is 9.92. The highest BCUT2D eigenvalue weighted by Gasteiger charge is 2.23. The molecule has 1 fully saturated rings. The first-order valence-electron chi connectivity index (χ1n) is 9.62. The predicted molar refractivity (Wildman–Crippen MR) is 106 cm³/mol. The molecule has 6 nitrogen and oxygen atoms in total. The number of carbonyl (C=O) groups excluding carboxylic acids is 1. The van der Waals surface area contributed by atoms with Crippen LogP contribution in [0.3, 0.4) is 0 Å². The van der Waals surface area contributed by atoms with E-state index in [1.165, 1.54) is 0 Å². The van der Waals surface area contributed by atoms with Gasteiger partial charge in [-0.05, 0) is 36.2 Å². The Hall–Kier alpha value is -2.60. The summed E-state index contributed by atoms with van der Waals surface area (Å²) in [5.74, 6) is 0.900. The van der Waals surface area contributed by atoms with E-state index in [4.69, 9.17) is 4.74 Å². The third-order valence-corrected chi connectivity index (χ3v) is 4.89. The molecule has 2 amide bonds. The monoisotopic (exact) mass is 368 g/mol. The van der Waals surface area contributed by atoms with Gasteiger partial charge in [0.1, 0.15) is 12.4 Å². The van der Waals surface area contributed by atoms with Crippen LogP contribution in [0, 0.1) is 0 Å². The Kier molecular flexibility index (Phi) is 7.04. The van der Waals surface area contributed by atoms with E-state index < -0.39 is 0 Å². The van der Waals surface area contributed by atoms with Gasteiger partial charge < -0.3 is 15.0 Å². The molecule has 6 heteroatoms. The first-order valence-corrected chi connectivity index (χ1v) is 9.62. The van der Waals surface area contributed by atoms with Crippen LogP contribution in [0.25, 0.3) is 0 Å². The zero-order valence-electron chi connectivity index (χ0n) is 15.9. The van der Waals surface area contributed by atoms with Crippen molar-refractivity contribution < 1.29 is 9.53 Å². The molecule has 0 aliphatic carbocycles. The van der Waals surface area contributed by atoms with E-state index in [9.17, 15) is 4.79 Å². The van der Waals surface area contributed by atoms with E-state index in [1.54, 1.807) is 12.4 Å². The van der Waals surface area contributed by atoms with Gasteiger partial charge >= 0.3 is 6.03 Å². The lowest BCUT2D eigenvalue weighted by Crippen LogP contribution is -2.52. The minimum atomic E-state index is 0.0128. The number of rotatable bonds is 7. The number of hydrogen-bond acceptors (Lipinski definition) is 4. The molecular formula is C21H28N4O2. The lowest BCUT2D eigenvalue weighted by atomic mass is 10.1. The Balaban J connectivity index is 1.40. The maximum absolute atomic E-state index is 12.6. The fourth-order valence-electron chi connectivity index (χ4n) is 3.24. The van der Waals surface area contributed by atoms with Crippen molar-refractivity contribution in [3.8, 4) is 5.75 Å². The van der Waals surface area contributed by atoms with Crippen LogP contribution >= 0.6 is 0 Å². The molecule has 2 aromatic rings. The van der Waals surface area contributed by atoms with Gasteiger partial charge in [-0.3, -0.25) is 9.88 Å². The summed E-state index contributed by atoms with van der Waals surface area (Å²) in [5, 5.41) is 3.15. The van der Waals surface area contributed by atoms with Crippen molar-refractivity contribution in [2.75, 3.05) is 39.3 Å². The molecule has 0 radical (unpaired) electrons. The van der Waals surface area contributed by atoms with Crippen molar-refractivity contribution in [3.63, 3.8) is 0 Å². The summed E-state index contributed by atoms with van der Waals surface area (Å²) >= 11 is 0. The smallest absolute Gasteiger partial charge is 0.317 e. The largest absolute Gasteiger partial charge is 0.492 e. The summed E-state index contributed by atoms with van der Waals surface area (Å²) in [6.45, 7) is 6.84. The van der Waals surface area contributed by atoms with Crippen LogP contribution in [0.5, 0.6) is 5.75 Å². The van der Waals surface area contributed by atoms with E-state index in [2.05, 4.69) is 22.1 Å². The van der Waals surface area contributed by atoms with Crippen LogP contribution < -0.4 is 10.1 Å². The van der Waals surface area contributed by atoms with Crippen LogP contribution in [0.15, 0.2) is 54.9 Å². The number of urea groups is 1. The fourth-order valence-corrected chi connectivity index (χ4v) is 3.24. The molecule has 0 unspecified atom stereocenters. The molecular weight excluding hydrogens is 340 g/mol. The van der Waals surface area contributed by atoms with Gasteiger partial charge in [-0.25, -0.2) is 4.79 Å². The zero-order valence-corrected chi connectivity index (χ0v) is 15.9. The number of benzene rings is 1. The predicted octanol–water partition coefficient (Wildman–Crippen LogP) is 2.94. The number of pyridine rings is 1. The molecule has 144 valence electrons. The highest BCUT2D eigenvalue weighted by atomic mass is 16.5. The zero-order chi connectivity index (χ0) is 18.9. The summed E-state index contributed by atoms with van der Waals surface area (Å²) in [5.41, 5.74) is 1.09. The molecule has 0 bridgehead atoms. The minimum Gasteiger partial charge on any atom is -0.492 e. The van der Waals surface area contributed by atoms with Gasteiger partial charge in [0.2, 0.25) is 0 Å². The van der Waals surface area contributed by atoms with Crippen LogP contribution in [0.1, 0.15) is 24.9 Å². The molecule has 0 saturated carbocycles. The third-order valence-electron chi connectivity index (χ3n) is 4.89. The van der Waals surface area contributed by atoms with Crippen LogP contribution in [0.4, 0.5) is 4.79 Å². The van der Waals surface area contributed by atoms with Gasteiger partial charge in [0.25, 0.3) is 0 Å². The maximum Gasteiger partial charge on any atom is 0.317 e. The summed E-state index contributed by atoms with van der Waals surface area (Å²) in [6.07, 6.45) is 4.38. The van der Waals surface area contributed by atoms with Crippen molar-refractivity contribution in [1.82, 2.24) is 20.1 Å². The van der Waals surface area contributed by atoms with E-state index in [1.807, 2.05) is 47.4 Å². The van der Waals surface area contributed by atoms with E-state index in [0.717, 1.165) is 50.5 Å². The number of carbonyl (C=O) groups is 1. The van der Waals surface area contributed by atoms with Gasteiger partial charge in [-0.2, -0.15) is 0 Å². The van der Waals surface area contributed by atoms with Gasteiger partial charge in [0.05, 0.1) is 6.04 Å². The number of aromatic nitrogens is 1. The summed E-state index contributed by atoms with van der Waals surface area (Å²) in [7, 11) is 0. The fraction of sp³-hybridized carbons (Fsp3) is 0.429. The number of ether oxygens (including phenoxy) is 1. The van der Waals surface area contributed by atoms with Gasteiger partial charge in [0.15, 0.2) is 0 Å². The molecule has 27 heavy (non-hydrogen) atoms. The number of nitrogens with zero attached hydrogens (tertiary/aromatic N) is 3. The van der Waals surface area contributed by atoms with E-state index in [0.29, 0.717) is 6.61 Å². The quantitative estimate of drug-likeness (QED) is 0.816. The van der Waals surface area contributed by atoms with Crippen molar-refractivity contribution in [2.45, 2.75) is 19.4 Å². The van der Waals surface area contributed by atoms with Crippen molar-refractivity contribution in [2.24, 2.45) is 0 Å². The number of piperazine rings is 1. The molecule has 1 aliphatic heterocycles. The highest BCUT2D eigenvalue weighted by Crippen LogP contribution is 2.16. The highest BCUT2D eigenvalue weighted by molar-refractivity contribution is 5.74. The molecule has 3 rings (SSSR count). The second-order valence-corrected chi connectivity index (χ2v) is 6.68. The average Bonchev–Trinajstić information content (AvgIpc) is 2.74. The Morgan fingerprint density at radius 2 is 1.81 bits per heavy atom. The molecule has 1 atom stereocenters. The number of hydrogen-bond donors (Lipinski definition) is 1. The van der Waals surface area contributed by atoms with Gasteiger partial charge in [-0.15, -0.1) is 0 Å². The number of nitrogens with one attached hydrogen (secondary N) is 1. The topological polar surface area (TPSA) is 57.7 Å². The van der Waals surface area contributed by atoms with E-state index >= 15 is 0 Å². The first-order chi connectivity index (χ1) is 13.3. The minimum absolute atomic E-state index is 0.0128. The van der Waals surface area contributed by atoms with Gasteiger partial charge in [-0.1, -0.05) is 25.1 Å². The molecule has 1 aromatic heterocycles. The molecule has 1 saturated heterocycles. The number of amides is 2. The summed E-state index contributed by atoms with van der Waals surface area (Å²) < 4.78 is 5.76. The van der Waals surface area contributed by atoms with Crippen LogP contribution in [0.2, 0.25) is 0 Å². The van der Waals surface area contributed by atoms with Crippen molar-refractivity contribution in [1.29, 1.82) is 0 Å². The van der Waals surface area contributed by atoms with E-state index in [-0.39, 0.29) is 12.1 Å². The van der Waals surface area contributed by atoms with Crippen molar-refractivity contribution in [3.05, 3.63) is 60.4 Å². The Labute approximate surface area is 161 Å². The summed E-state index contributed by atoms with van der Waals surface area (Å²) in [4.78, 5) is 20.9. The maximum atomic E-state index is 12.6. The average molecular weight is 368 g/mol. The second-order valence-electron chi connectivity index (χ2n) is 6.68. The van der Waals surface area contributed by atoms with Crippen LogP contribution in [-0.4, -0.2) is 60.1 Å². The number of para-hydroxylation sites is 1. The molecule has 2 heterocycles. The Morgan fingerprint density at radius 3 is 2.48 bits per heavy atom. The Morgan fingerprint density at radius 1 is 1.11 bits per heavy atom. The first kappa shape index (κ1) is 19.2. The van der Waals surface area contributed by atoms with Crippen molar-refractivity contribution >= 4 is 6.03 Å².